The number of alkyl halides is 2. The van der Waals surface area contributed by atoms with Gasteiger partial charge in [-0.1, -0.05) is 26.7 Å². The molecular formula is C14H25ClF2N2O. The van der Waals surface area contributed by atoms with Gasteiger partial charge < -0.3 is 5.32 Å². The first-order chi connectivity index (χ1) is 8.87. The zero-order valence-electron chi connectivity index (χ0n) is 12.1. The Hall–Kier alpha value is -0.420. The quantitative estimate of drug-likeness (QED) is 0.841. The van der Waals surface area contributed by atoms with Crippen molar-refractivity contribution in [2.75, 3.05) is 6.54 Å². The largest absolute Gasteiger partial charge is 0.352 e. The first-order valence-electron chi connectivity index (χ1n) is 7.29. The molecule has 2 rings (SSSR count). The monoisotopic (exact) mass is 310 g/mol. The maximum atomic E-state index is 13.1. The van der Waals surface area contributed by atoms with E-state index in [2.05, 4.69) is 24.5 Å². The highest BCUT2D eigenvalue weighted by Gasteiger charge is 2.42. The molecule has 2 N–H and O–H groups in total. The van der Waals surface area contributed by atoms with Gasteiger partial charge in [-0.15, -0.1) is 12.4 Å². The first kappa shape index (κ1) is 17.6. The van der Waals surface area contributed by atoms with Gasteiger partial charge in [0.1, 0.15) is 0 Å². The smallest absolute Gasteiger partial charge is 0.262 e. The summed E-state index contributed by atoms with van der Waals surface area (Å²) in [6.45, 7) is 4.02. The van der Waals surface area contributed by atoms with Gasteiger partial charge >= 0.3 is 0 Å². The van der Waals surface area contributed by atoms with Crippen molar-refractivity contribution in [3.63, 3.8) is 0 Å². The minimum atomic E-state index is -2.74. The summed E-state index contributed by atoms with van der Waals surface area (Å²) in [6, 6.07) is -0.570. The summed E-state index contributed by atoms with van der Waals surface area (Å²) in [5.74, 6) is -1.74. The third-order valence-electron chi connectivity index (χ3n) is 4.43. The number of halogens is 3. The van der Waals surface area contributed by atoms with E-state index in [4.69, 9.17) is 0 Å². The second kappa shape index (κ2) is 7.03. The van der Waals surface area contributed by atoms with Crippen molar-refractivity contribution in [3.8, 4) is 0 Å². The predicted octanol–water partition coefficient (Wildman–Crippen LogP) is 2.74. The summed E-state index contributed by atoms with van der Waals surface area (Å²) < 4.78 is 26.1. The molecule has 6 heteroatoms. The minimum Gasteiger partial charge on any atom is -0.352 e. The fourth-order valence-corrected chi connectivity index (χ4v) is 3.17. The summed E-state index contributed by atoms with van der Waals surface area (Å²) in [7, 11) is 0. The molecule has 1 saturated carbocycles. The second-order valence-electron chi connectivity index (χ2n) is 6.37. The van der Waals surface area contributed by atoms with Gasteiger partial charge in [0.2, 0.25) is 5.91 Å². The molecule has 0 spiro atoms. The van der Waals surface area contributed by atoms with Crippen LogP contribution in [-0.4, -0.2) is 30.5 Å². The van der Waals surface area contributed by atoms with Gasteiger partial charge in [-0.05, 0) is 24.7 Å². The zero-order chi connectivity index (χ0) is 14.0. The van der Waals surface area contributed by atoms with Gasteiger partial charge in [0.05, 0.1) is 12.6 Å². The lowest BCUT2D eigenvalue weighted by molar-refractivity contribution is -0.124. The Labute approximate surface area is 125 Å². The number of hydrogen-bond donors (Lipinski definition) is 2. The van der Waals surface area contributed by atoms with Crippen LogP contribution >= 0.6 is 12.4 Å². The molecule has 1 aliphatic heterocycles. The molecule has 20 heavy (non-hydrogen) atoms. The van der Waals surface area contributed by atoms with Crippen molar-refractivity contribution >= 4 is 18.3 Å². The summed E-state index contributed by atoms with van der Waals surface area (Å²) in [4.78, 5) is 12.0. The van der Waals surface area contributed by atoms with Crippen LogP contribution < -0.4 is 10.6 Å². The van der Waals surface area contributed by atoms with Gasteiger partial charge in [-0.25, -0.2) is 8.78 Å². The van der Waals surface area contributed by atoms with Gasteiger partial charge in [-0.2, -0.15) is 0 Å². The van der Waals surface area contributed by atoms with E-state index in [-0.39, 0.29) is 37.3 Å². The first-order valence-corrected chi connectivity index (χ1v) is 7.29. The Morgan fingerprint density at radius 2 is 2.05 bits per heavy atom. The second-order valence-corrected chi connectivity index (χ2v) is 6.37. The van der Waals surface area contributed by atoms with Gasteiger partial charge in [-0.3, -0.25) is 10.1 Å². The minimum absolute atomic E-state index is 0. The molecule has 1 saturated heterocycles. The maximum absolute atomic E-state index is 13.1. The fourth-order valence-electron chi connectivity index (χ4n) is 3.17. The molecule has 2 fully saturated rings. The van der Waals surface area contributed by atoms with Crippen molar-refractivity contribution in [1.29, 1.82) is 0 Å². The fraction of sp³-hybridized carbons (Fsp3) is 0.929. The van der Waals surface area contributed by atoms with Crippen molar-refractivity contribution in [1.82, 2.24) is 10.6 Å². The van der Waals surface area contributed by atoms with Crippen molar-refractivity contribution in [3.05, 3.63) is 0 Å². The summed E-state index contributed by atoms with van der Waals surface area (Å²) >= 11 is 0. The van der Waals surface area contributed by atoms with Gasteiger partial charge in [0, 0.05) is 12.5 Å². The van der Waals surface area contributed by atoms with Crippen LogP contribution in [0.2, 0.25) is 0 Å². The maximum Gasteiger partial charge on any atom is 0.262 e. The van der Waals surface area contributed by atoms with Crippen molar-refractivity contribution < 1.29 is 13.6 Å². The standard InChI is InChI=1S/C14H24F2N2O.ClH/c1-9(2)10-4-3-5-11(6-10)18-13(19)12-7-14(15,16)8-17-12;/h9-12,17H,3-8H2,1-2H3,(H,18,19);1H. The number of carbonyl (C=O) groups is 1. The third kappa shape index (κ3) is 4.55. The third-order valence-corrected chi connectivity index (χ3v) is 4.43. The Bertz CT molecular complexity index is 339. The molecule has 0 radical (unpaired) electrons. The van der Waals surface area contributed by atoms with E-state index >= 15 is 0 Å². The molecule has 3 atom stereocenters. The average Bonchev–Trinajstić information content (AvgIpc) is 2.70. The average molecular weight is 311 g/mol. The van der Waals surface area contributed by atoms with E-state index < -0.39 is 12.0 Å². The highest BCUT2D eigenvalue weighted by atomic mass is 35.5. The van der Waals surface area contributed by atoms with Crippen LogP contribution in [0.5, 0.6) is 0 Å². The lowest BCUT2D eigenvalue weighted by Gasteiger charge is -2.32. The lowest BCUT2D eigenvalue weighted by Crippen LogP contribution is -2.47. The van der Waals surface area contributed by atoms with Crippen LogP contribution in [0, 0.1) is 11.8 Å². The Morgan fingerprint density at radius 3 is 2.60 bits per heavy atom. The summed E-state index contributed by atoms with van der Waals surface area (Å²) in [6.07, 6.45) is 3.90. The molecule has 118 valence electrons. The summed E-state index contributed by atoms with van der Waals surface area (Å²) in [5.41, 5.74) is 0. The lowest BCUT2D eigenvalue weighted by atomic mass is 9.79. The van der Waals surface area contributed by atoms with Crippen LogP contribution in [-0.2, 0) is 4.79 Å². The van der Waals surface area contributed by atoms with Crippen LogP contribution in [0.1, 0.15) is 46.0 Å². The molecule has 1 heterocycles. The van der Waals surface area contributed by atoms with E-state index in [9.17, 15) is 13.6 Å². The van der Waals surface area contributed by atoms with Gasteiger partial charge in [0.15, 0.2) is 0 Å². The highest BCUT2D eigenvalue weighted by molar-refractivity contribution is 5.85. The molecular weight excluding hydrogens is 286 g/mol. The molecule has 2 aliphatic rings. The molecule has 1 aliphatic carbocycles. The van der Waals surface area contributed by atoms with Crippen molar-refractivity contribution in [2.24, 2.45) is 11.8 Å². The van der Waals surface area contributed by atoms with Crippen LogP contribution in [0.3, 0.4) is 0 Å². The van der Waals surface area contributed by atoms with Crippen LogP contribution in [0.25, 0.3) is 0 Å². The molecule has 0 aromatic rings. The Kier molecular flexibility index (Phi) is 6.20. The normalized spacial score (nSPS) is 32.8. The number of nitrogens with one attached hydrogen (secondary N) is 2. The zero-order valence-corrected chi connectivity index (χ0v) is 12.9. The van der Waals surface area contributed by atoms with Crippen LogP contribution in [0.4, 0.5) is 8.78 Å². The van der Waals surface area contributed by atoms with E-state index in [0.717, 1.165) is 19.3 Å². The molecule has 0 aromatic carbocycles. The number of hydrogen-bond acceptors (Lipinski definition) is 2. The van der Waals surface area contributed by atoms with E-state index in [1.165, 1.54) is 6.42 Å². The van der Waals surface area contributed by atoms with Gasteiger partial charge in [0.25, 0.3) is 5.92 Å². The molecule has 0 aromatic heterocycles. The van der Waals surface area contributed by atoms with E-state index in [1.807, 2.05) is 0 Å². The topological polar surface area (TPSA) is 41.1 Å². The molecule has 3 unspecified atom stereocenters. The van der Waals surface area contributed by atoms with E-state index in [0.29, 0.717) is 11.8 Å². The molecule has 0 bridgehead atoms. The highest BCUT2D eigenvalue weighted by Crippen LogP contribution is 2.30. The van der Waals surface area contributed by atoms with Crippen LogP contribution in [0.15, 0.2) is 0 Å². The Morgan fingerprint density at radius 1 is 1.35 bits per heavy atom. The summed E-state index contributed by atoms with van der Waals surface area (Å²) in [5, 5.41) is 5.56. The molecule has 1 amide bonds. The number of rotatable bonds is 3. The van der Waals surface area contributed by atoms with E-state index in [1.54, 1.807) is 0 Å². The number of amides is 1. The number of carbonyl (C=O) groups excluding carboxylic acids is 1. The molecule has 3 nitrogen and oxygen atoms in total. The SMILES string of the molecule is CC(C)C1CCCC(NC(=O)C2CC(F)(F)CN2)C1.Cl. The van der Waals surface area contributed by atoms with Crippen molar-refractivity contribution in [2.45, 2.75) is 64.0 Å². The Balaban J connectivity index is 0.00000200. The predicted molar refractivity (Wildman–Crippen MR) is 77.3 cm³/mol.